The summed E-state index contributed by atoms with van der Waals surface area (Å²) in [6.45, 7) is 2.56. The van der Waals surface area contributed by atoms with Crippen LogP contribution in [0.1, 0.15) is 13.3 Å². The zero-order chi connectivity index (χ0) is 21.3. The lowest BCUT2D eigenvalue weighted by atomic mass is 10.1. The van der Waals surface area contributed by atoms with Crippen LogP contribution in [0.2, 0.25) is 0 Å². The quantitative estimate of drug-likeness (QED) is 0.691. The lowest BCUT2D eigenvalue weighted by Gasteiger charge is -2.28. The number of hydrogen-bond acceptors (Lipinski definition) is 6. The molecule has 2 fully saturated rings. The Bertz CT molecular complexity index is 936. The van der Waals surface area contributed by atoms with Gasteiger partial charge in [0.1, 0.15) is 6.04 Å². The average Bonchev–Trinajstić information content (AvgIpc) is 3.32. The molecule has 1 aromatic carbocycles. The Morgan fingerprint density at radius 1 is 1.34 bits per heavy atom. The standard InChI is InChI=1S/C18H24N4O5S2/c1-3-20(2)18(25)15-10-28-11-22(15)17(24)12-7-16(23)21(9-12)13-5-4-6-14(8-13)29(19,26)27/h4-6,8,12,15H,3,7,9-11H2,1-2H3,(H2,19,26,27). The highest BCUT2D eigenvalue weighted by Crippen LogP contribution is 2.31. The first-order valence-corrected chi connectivity index (χ1v) is 11.9. The summed E-state index contributed by atoms with van der Waals surface area (Å²) >= 11 is 1.51. The highest BCUT2D eigenvalue weighted by atomic mass is 32.2. The normalized spacial score (nSPS) is 22.2. The van der Waals surface area contributed by atoms with Gasteiger partial charge in [0.05, 0.1) is 16.7 Å². The molecule has 158 valence electrons. The van der Waals surface area contributed by atoms with E-state index in [1.54, 1.807) is 22.9 Å². The number of primary sulfonamides is 1. The fourth-order valence-corrected chi connectivity index (χ4v) is 5.17. The molecule has 2 aliphatic heterocycles. The van der Waals surface area contributed by atoms with Crippen LogP contribution in [-0.2, 0) is 24.4 Å². The molecule has 3 amide bonds. The molecule has 2 aliphatic rings. The van der Waals surface area contributed by atoms with Crippen molar-refractivity contribution in [2.75, 3.05) is 36.7 Å². The lowest BCUT2D eigenvalue weighted by molar-refractivity contribution is -0.144. The maximum Gasteiger partial charge on any atom is 0.245 e. The van der Waals surface area contributed by atoms with Gasteiger partial charge < -0.3 is 14.7 Å². The van der Waals surface area contributed by atoms with Gasteiger partial charge in [-0.25, -0.2) is 13.6 Å². The van der Waals surface area contributed by atoms with Crippen molar-refractivity contribution in [3.05, 3.63) is 24.3 Å². The number of nitrogens with zero attached hydrogens (tertiary/aromatic N) is 3. The second kappa shape index (κ2) is 8.33. The number of anilines is 1. The summed E-state index contributed by atoms with van der Waals surface area (Å²) in [5, 5.41) is 5.17. The third-order valence-electron chi connectivity index (χ3n) is 5.23. The monoisotopic (exact) mass is 440 g/mol. The van der Waals surface area contributed by atoms with Gasteiger partial charge in [0.25, 0.3) is 0 Å². The first-order chi connectivity index (χ1) is 13.6. The Morgan fingerprint density at radius 2 is 2.07 bits per heavy atom. The summed E-state index contributed by atoms with van der Waals surface area (Å²) in [5.74, 6) is -0.227. The van der Waals surface area contributed by atoms with Crippen molar-refractivity contribution >= 4 is 45.2 Å². The van der Waals surface area contributed by atoms with Gasteiger partial charge in [0.2, 0.25) is 27.7 Å². The molecule has 1 aromatic rings. The molecule has 0 aromatic heterocycles. The Kier molecular flexibility index (Phi) is 6.20. The van der Waals surface area contributed by atoms with E-state index in [0.717, 1.165) is 0 Å². The van der Waals surface area contributed by atoms with Gasteiger partial charge in [0, 0.05) is 38.0 Å². The molecule has 2 saturated heterocycles. The van der Waals surface area contributed by atoms with Crippen molar-refractivity contribution < 1.29 is 22.8 Å². The highest BCUT2D eigenvalue weighted by Gasteiger charge is 2.43. The van der Waals surface area contributed by atoms with E-state index in [4.69, 9.17) is 5.14 Å². The molecule has 2 N–H and O–H groups in total. The average molecular weight is 441 g/mol. The largest absolute Gasteiger partial charge is 0.344 e. The van der Waals surface area contributed by atoms with E-state index in [1.165, 1.54) is 34.9 Å². The number of thioether (sulfide) groups is 1. The van der Waals surface area contributed by atoms with E-state index in [-0.39, 0.29) is 35.6 Å². The Labute approximate surface area is 174 Å². The third-order valence-corrected chi connectivity index (χ3v) is 7.16. The molecular weight excluding hydrogens is 416 g/mol. The fourth-order valence-electron chi connectivity index (χ4n) is 3.46. The first kappa shape index (κ1) is 21.6. The number of hydrogen-bond donors (Lipinski definition) is 1. The van der Waals surface area contributed by atoms with Crippen LogP contribution in [0.15, 0.2) is 29.2 Å². The second-order valence-electron chi connectivity index (χ2n) is 7.12. The van der Waals surface area contributed by atoms with Crippen molar-refractivity contribution in [2.24, 2.45) is 11.1 Å². The molecule has 2 atom stereocenters. The van der Waals surface area contributed by atoms with E-state index in [9.17, 15) is 22.8 Å². The molecule has 0 aliphatic carbocycles. The second-order valence-corrected chi connectivity index (χ2v) is 9.69. The molecule has 0 bridgehead atoms. The molecule has 2 heterocycles. The number of amides is 3. The third kappa shape index (κ3) is 4.41. The Hall–Kier alpha value is -2.11. The highest BCUT2D eigenvalue weighted by molar-refractivity contribution is 7.99. The minimum absolute atomic E-state index is 0.0180. The molecule has 0 radical (unpaired) electrons. The summed E-state index contributed by atoms with van der Waals surface area (Å²) in [5.41, 5.74) is 0.381. The van der Waals surface area contributed by atoms with E-state index in [0.29, 0.717) is 23.9 Å². The maximum atomic E-state index is 13.1. The Morgan fingerprint density at radius 3 is 2.72 bits per heavy atom. The van der Waals surface area contributed by atoms with Gasteiger partial charge in [-0.05, 0) is 25.1 Å². The van der Waals surface area contributed by atoms with Gasteiger partial charge in [-0.15, -0.1) is 11.8 Å². The summed E-state index contributed by atoms with van der Waals surface area (Å²) in [7, 11) is -2.20. The lowest BCUT2D eigenvalue weighted by Crippen LogP contribution is -2.49. The number of nitrogens with two attached hydrogens (primary N) is 1. The number of carbonyl (C=O) groups is 3. The molecule has 11 heteroatoms. The van der Waals surface area contributed by atoms with Crippen LogP contribution < -0.4 is 10.0 Å². The van der Waals surface area contributed by atoms with E-state index in [2.05, 4.69) is 0 Å². The van der Waals surface area contributed by atoms with Gasteiger partial charge in [-0.2, -0.15) is 0 Å². The van der Waals surface area contributed by atoms with Crippen LogP contribution in [0.4, 0.5) is 5.69 Å². The molecule has 9 nitrogen and oxygen atoms in total. The van der Waals surface area contributed by atoms with Crippen molar-refractivity contribution in [1.82, 2.24) is 9.80 Å². The summed E-state index contributed by atoms with van der Waals surface area (Å²) in [6, 6.07) is 5.27. The molecule has 0 spiro atoms. The zero-order valence-corrected chi connectivity index (χ0v) is 17.9. The van der Waals surface area contributed by atoms with Crippen molar-refractivity contribution in [1.29, 1.82) is 0 Å². The van der Waals surface area contributed by atoms with Crippen molar-refractivity contribution in [3.8, 4) is 0 Å². The predicted molar refractivity (Wildman–Crippen MR) is 110 cm³/mol. The van der Waals surface area contributed by atoms with Crippen LogP contribution >= 0.6 is 11.8 Å². The molecule has 29 heavy (non-hydrogen) atoms. The molecule has 3 rings (SSSR count). The van der Waals surface area contributed by atoms with E-state index in [1.807, 2.05) is 6.92 Å². The number of carbonyl (C=O) groups excluding carboxylic acids is 3. The minimum Gasteiger partial charge on any atom is -0.344 e. The van der Waals surface area contributed by atoms with Crippen LogP contribution in [0.25, 0.3) is 0 Å². The van der Waals surface area contributed by atoms with E-state index < -0.39 is 22.0 Å². The number of benzene rings is 1. The first-order valence-electron chi connectivity index (χ1n) is 9.20. The maximum absolute atomic E-state index is 13.1. The van der Waals surface area contributed by atoms with Crippen molar-refractivity contribution in [3.63, 3.8) is 0 Å². The van der Waals surface area contributed by atoms with Crippen LogP contribution in [-0.4, -0.2) is 73.7 Å². The van der Waals surface area contributed by atoms with Gasteiger partial charge in [-0.3, -0.25) is 14.4 Å². The van der Waals surface area contributed by atoms with Crippen LogP contribution in [0.3, 0.4) is 0 Å². The molecule has 2 unspecified atom stereocenters. The zero-order valence-electron chi connectivity index (χ0n) is 16.3. The number of likely N-dealkylation sites (N-methyl/N-ethyl adjacent to an activating group) is 1. The van der Waals surface area contributed by atoms with Crippen LogP contribution in [0, 0.1) is 5.92 Å². The van der Waals surface area contributed by atoms with Gasteiger partial charge in [-0.1, -0.05) is 6.07 Å². The van der Waals surface area contributed by atoms with Gasteiger partial charge >= 0.3 is 0 Å². The SMILES string of the molecule is CCN(C)C(=O)C1CSCN1C(=O)C1CC(=O)N(c2cccc(S(N)(=O)=O)c2)C1. The topological polar surface area (TPSA) is 121 Å². The van der Waals surface area contributed by atoms with Gasteiger partial charge in [0.15, 0.2) is 0 Å². The van der Waals surface area contributed by atoms with Crippen LogP contribution in [0.5, 0.6) is 0 Å². The predicted octanol–water partition coefficient (Wildman–Crippen LogP) is 0.0667. The minimum atomic E-state index is -3.90. The number of rotatable bonds is 5. The smallest absolute Gasteiger partial charge is 0.245 e. The number of sulfonamides is 1. The summed E-state index contributed by atoms with van der Waals surface area (Å²) in [6.07, 6.45) is 0.0180. The van der Waals surface area contributed by atoms with Crippen molar-refractivity contribution in [2.45, 2.75) is 24.3 Å². The van der Waals surface area contributed by atoms with E-state index >= 15 is 0 Å². The Balaban J connectivity index is 1.76. The summed E-state index contributed by atoms with van der Waals surface area (Å²) in [4.78, 5) is 42.6. The molecular formula is C18H24N4O5S2. The summed E-state index contributed by atoms with van der Waals surface area (Å²) < 4.78 is 23.2. The molecule has 0 saturated carbocycles. The fraction of sp³-hybridized carbons (Fsp3) is 0.500.